The molecular formula is C20H19F4N5O. The number of benzene rings is 2. The molecule has 0 aliphatic rings. The third-order valence-corrected chi connectivity index (χ3v) is 5.15. The molecule has 158 valence electrons. The molecule has 0 bridgehead atoms. The highest BCUT2D eigenvalue weighted by atomic mass is 19.4. The summed E-state index contributed by atoms with van der Waals surface area (Å²) in [5.41, 5.74) is 7.92. The second-order valence-corrected chi connectivity index (χ2v) is 7.13. The van der Waals surface area contributed by atoms with Crippen molar-refractivity contribution in [1.82, 2.24) is 18.7 Å². The number of imidazole rings is 2. The lowest BCUT2D eigenvalue weighted by molar-refractivity contribution is -0.136. The van der Waals surface area contributed by atoms with Gasteiger partial charge < -0.3 is 10.3 Å². The van der Waals surface area contributed by atoms with Gasteiger partial charge in [-0.2, -0.15) is 13.2 Å². The van der Waals surface area contributed by atoms with Crippen molar-refractivity contribution < 1.29 is 17.6 Å². The average molecular weight is 421 g/mol. The molecule has 6 nitrogen and oxygen atoms in total. The predicted molar refractivity (Wildman–Crippen MR) is 105 cm³/mol. The van der Waals surface area contributed by atoms with Crippen LogP contribution in [0.1, 0.15) is 17.8 Å². The van der Waals surface area contributed by atoms with Gasteiger partial charge in [-0.25, -0.2) is 14.2 Å². The maximum Gasteiger partial charge on any atom is 0.390 e. The van der Waals surface area contributed by atoms with Crippen LogP contribution in [-0.2, 0) is 26.7 Å². The number of nitrogens with two attached hydrogens (primary N) is 1. The number of hydrogen-bond acceptors (Lipinski definition) is 3. The van der Waals surface area contributed by atoms with Gasteiger partial charge in [-0.1, -0.05) is 6.07 Å². The molecule has 0 aliphatic heterocycles. The van der Waals surface area contributed by atoms with Crippen molar-refractivity contribution in [3.8, 4) is 0 Å². The first-order chi connectivity index (χ1) is 14.2. The molecule has 0 saturated heterocycles. The monoisotopic (exact) mass is 421 g/mol. The van der Waals surface area contributed by atoms with Crippen molar-refractivity contribution in [3.63, 3.8) is 0 Å². The molecule has 0 amide bonds. The summed E-state index contributed by atoms with van der Waals surface area (Å²) >= 11 is 0. The van der Waals surface area contributed by atoms with E-state index in [1.807, 2.05) is 0 Å². The fraction of sp³-hybridized carbons (Fsp3) is 0.300. The molecule has 4 aromatic rings. The van der Waals surface area contributed by atoms with Crippen LogP contribution in [0.5, 0.6) is 0 Å². The van der Waals surface area contributed by atoms with Crippen LogP contribution in [0.2, 0.25) is 0 Å². The first kappa shape index (κ1) is 20.1. The summed E-state index contributed by atoms with van der Waals surface area (Å²) in [6.07, 6.45) is -5.38. The number of aromatic nitrogens is 4. The Balaban J connectivity index is 1.86. The second kappa shape index (κ2) is 7.28. The summed E-state index contributed by atoms with van der Waals surface area (Å²) in [6.45, 7) is -0.169. The minimum absolute atomic E-state index is 0.0931. The summed E-state index contributed by atoms with van der Waals surface area (Å²) in [5, 5.41) is 0. The van der Waals surface area contributed by atoms with E-state index in [1.54, 1.807) is 25.2 Å². The molecule has 0 spiro atoms. The number of fused-ring (bicyclic) bond motifs is 2. The van der Waals surface area contributed by atoms with Crippen LogP contribution < -0.4 is 11.4 Å². The van der Waals surface area contributed by atoms with Crippen molar-refractivity contribution in [2.75, 3.05) is 0 Å². The maximum absolute atomic E-state index is 13.8. The van der Waals surface area contributed by atoms with Gasteiger partial charge >= 0.3 is 11.9 Å². The van der Waals surface area contributed by atoms with E-state index in [9.17, 15) is 22.4 Å². The number of alkyl halides is 3. The SMILES string of the molecule is Cn1c(=O)n(Cc2nc3cc(CN)ccc3n2CCC(F)(F)F)c2cc(F)ccc21. The molecule has 2 heterocycles. The molecular weight excluding hydrogens is 402 g/mol. The summed E-state index contributed by atoms with van der Waals surface area (Å²) in [4.78, 5) is 17.2. The van der Waals surface area contributed by atoms with Gasteiger partial charge in [-0.15, -0.1) is 0 Å². The van der Waals surface area contributed by atoms with Gasteiger partial charge in [-0.05, 0) is 35.9 Å². The molecule has 0 fully saturated rings. The van der Waals surface area contributed by atoms with Gasteiger partial charge in [0, 0.05) is 20.1 Å². The van der Waals surface area contributed by atoms with E-state index in [-0.39, 0.29) is 25.5 Å². The molecule has 2 N–H and O–H groups in total. The van der Waals surface area contributed by atoms with Crippen LogP contribution in [-0.4, -0.2) is 24.9 Å². The van der Waals surface area contributed by atoms with E-state index in [0.717, 1.165) is 5.56 Å². The smallest absolute Gasteiger partial charge is 0.326 e. The van der Waals surface area contributed by atoms with E-state index in [4.69, 9.17) is 5.73 Å². The van der Waals surface area contributed by atoms with Gasteiger partial charge in [0.2, 0.25) is 0 Å². The first-order valence-corrected chi connectivity index (χ1v) is 9.27. The Kier molecular flexibility index (Phi) is 4.89. The minimum Gasteiger partial charge on any atom is -0.326 e. The zero-order valence-electron chi connectivity index (χ0n) is 16.1. The zero-order valence-corrected chi connectivity index (χ0v) is 16.1. The Morgan fingerprint density at radius 3 is 2.47 bits per heavy atom. The number of halogens is 4. The third kappa shape index (κ3) is 3.58. The van der Waals surface area contributed by atoms with Crippen molar-refractivity contribution in [2.24, 2.45) is 12.8 Å². The lowest BCUT2D eigenvalue weighted by atomic mass is 10.2. The van der Waals surface area contributed by atoms with Crippen LogP contribution in [0, 0.1) is 5.82 Å². The molecule has 30 heavy (non-hydrogen) atoms. The molecule has 0 saturated carbocycles. The van der Waals surface area contributed by atoms with Crippen molar-refractivity contribution in [2.45, 2.75) is 32.2 Å². The number of nitrogens with zero attached hydrogens (tertiary/aromatic N) is 4. The van der Waals surface area contributed by atoms with E-state index < -0.39 is 24.1 Å². The largest absolute Gasteiger partial charge is 0.390 e. The fourth-order valence-electron chi connectivity index (χ4n) is 3.64. The quantitative estimate of drug-likeness (QED) is 0.503. The minimum atomic E-state index is -4.34. The van der Waals surface area contributed by atoms with Crippen molar-refractivity contribution >= 4 is 22.1 Å². The van der Waals surface area contributed by atoms with Crippen molar-refractivity contribution in [3.05, 3.63) is 64.1 Å². The van der Waals surface area contributed by atoms with Gasteiger partial charge in [0.05, 0.1) is 35.0 Å². The normalized spacial score (nSPS) is 12.3. The maximum atomic E-state index is 13.8. The van der Waals surface area contributed by atoms with Crippen LogP contribution in [0.4, 0.5) is 17.6 Å². The number of aryl methyl sites for hydroxylation is 2. The number of hydrogen-bond donors (Lipinski definition) is 1. The summed E-state index contributed by atoms with van der Waals surface area (Å²) in [6, 6.07) is 9.09. The van der Waals surface area contributed by atoms with Gasteiger partial charge in [0.1, 0.15) is 11.6 Å². The average Bonchev–Trinajstić information content (AvgIpc) is 3.15. The summed E-state index contributed by atoms with van der Waals surface area (Å²) in [5.74, 6) is -0.234. The van der Waals surface area contributed by atoms with Crippen molar-refractivity contribution in [1.29, 1.82) is 0 Å². The standard InChI is InChI=1S/C20H19F4N5O/c1-27-16-5-3-13(21)9-17(16)29(19(27)30)11-18-26-14-8-12(10-25)2-4-15(14)28(18)7-6-20(22,23)24/h2-5,8-9H,6-7,10-11,25H2,1H3. The molecule has 0 atom stereocenters. The highest BCUT2D eigenvalue weighted by Crippen LogP contribution is 2.25. The van der Waals surface area contributed by atoms with Crippen LogP contribution in [0.15, 0.2) is 41.2 Å². The summed E-state index contributed by atoms with van der Waals surface area (Å²) in [7, 11) is 1.55. The van der Waals surface area contributed by atoms with Gasteiger partial charge in [-0.3, -0.25) is 9.13 Å². The summed E-state index contributed by atoms with van der Waals surface area (Å²) < 4.78 is 56.6. The lowest BCUT2D eigenvalue weighted by Gasteiger charge is -2.12. The Morgan fingerprint density at radius 1 is 1.03 bits per heavy atom. The van der Waals surface area contributed by atoms with Crippen LogP contribution in [0.3, 0.4) is 0 Å². The molecule has 2 aromatic carbocycles. The van der Waals surface area contributed by atoms with Crippen LogP contribution in [0.25, 0.3) is 22.1 Å². The Bertz CT molecular complexity index is 1300. The highest BCUT2D eigenvalue weighted by molar-refractivity contribution is 5.78. The topological polar surface area (TPSA) is 70.8 Å². The molecule has 10 heteroatoms. The van der Waals surface area contributed by atoms with E-state index in [2.05, 4.69) is 4.98 Å². The molecule has 2 aromatic heterocycles. The van der Waals surface area contributed by atoms with Crippen LogP contribution >= 0.6 is 0 Å². The molecule has 4 rings (SSSR count). The van der Waals surface area contributed by atoms with E-state index in [0.29, 0.717) is 22.1 Å². The lowest BCUT2D eigenvalue weighted by Crippen LogP contribution is -2.24. The fourth-order valence-corrected chi connectivity index (χ4v) is 3.64. The molecule has 0 unspecified atom stereocenters. The predicted octanol–water partition coefficient (Wildman–Crippen LogP) is 3.29. The Hall–Kier alpha value is -3.14. The van der Waals surface area contributed by atoms with Gasteiger partial charge in [0.25, 0.3) is 0 Å². The first-order valence-electron chi connectivity index (χ1n) is 9.27. The molecule has 0 aliphatic carbocycles. The highest BCUT2D eigenvalue weighted by Gasteiger charge is 2.28. The third-order valence-electron chi connectivity index (χ3n) is 5.15. The Morgan fingerprint density at radius 2 is 1.77 bits per heavy atom. The van der Waals surface area contributed by atoms with Gasteiger partial charge in [0.15, 0.2) is 0 Å². The Labute approximate surface area is 168 Å². The van der Waals surface area contributed by atoms with E-state index >= 15 is 0 Å². The zero-order chi connectivity index (χ0) is 21.6. The second-order valence-electron chi connectivity index (χ2n) is 7.13. The van der Waals surface area contributed by atoms with E-state index in [1.165, 1.54) is 31.9 Å². The molecule has 0 radical (unpaired) electrons. The number of rotatable bonds is 5.